The summed E-state index contributed by atoms with van der Waals surface area (Å²) in [6, 6.07) is 50.3. The lowest BCUT2D eigenvalue weighted by Crippen LogP contribution is -2.69. The summed E-state index contributed by atoms with van der Waals surface area (Å²) in [4.78, 5) is 2.41. The van der Waals surface area contributed by atoms with Crippen molar-refractivity contribution in [1.82, 2.24) is 4.90 Å². The Bertz CT molecular complexity index is 2200. The van der Waals surface area contributed by atoms with Gasteiger partial charge in [0.2, 0.25) is 0 Å². The molecule has 11 atom stereocenters. The molecule has 11 nitrogen and oxygen atoms in total. The van der Waals surface area contributed by atoms with Gasteiger partial charge in [-0.1, -0.05) is 152 Å². The minimum atomic E-state index is -1.07. The number of hydrogen-bond acceptors (Lipinski definition) is 11. The summed E-state index contributed by atoms with van der Waals surface area (Å²) < 4.78 is 60.7. The van der Waals surface area contributed by atoms with Gasteiger partial charge in [-0.2, -0.15) is 0 Å². The molecule has 0 aromatic heterocycles. The Morgan fingerprint density at radius 1 is 0.492 bits per heavy atom. The summed E-state index contributed by atoms with van der Waals surface area (Å²) in [5.41, 5.74) is 5.24. The lowest BCUT2D eigenvalue weighted by atomic mass is 9.82. The van der Waals surface area contributed by atoms with Gasteiger partial charge in [0.25, 0.3) is 0 Å². The van der Waals surface area contributed by atoms with Crippen molar-refractivity contribution in [3.8, 4) is 0 Å². The van der Waals surface area contributed by atoms with Crippen molar-refractivity contribution < 1.29 is 47.7 Å². The van der Waals surface area contributed by atoms with Crippen LogP contribution in [0.25, 0.3) is 0 Å². The van der Waals surface area contributed by atoms with Crippen molar-refractivity contribution >= 4 is 0 Å². The molecular formula is C54H63NO10. The van der Waals surface area contributed by atoms with E-state index in [0.717, 1.165) is 27.8 Å². The molecule has 0 radical (unpaired) electrons. The van der Waals surface area contributed by atoms with Gasteiger partial charge in [-0.15, -0.1) is 0 Å². The van der Waals surface area contributed by atoms with Crippen molar-refractivity contribution in [1.29, 1.82) is 0 Å². The maximum atomic E-state index is 12.9. The van der Waals surface area contributed by atoms with Crippen molar-refractivity contribution in [3.05, 3.63) is 179 Å². The Morgan fingerprint density at radius 2 is 0.908 bits per heavy atom. The highest BCUT2D eigenvalue weighted by atomic mass is 16.9. The van der Waals surface area contributed by atoms with Crippen LogP contribution in [0.1, 0.15) is 61.9 Å². The van der Waals surface area contributed by atoms with Crippen molar-refractivity contribution in [2.75, 3.05) is 6.61 Å². The summed E-state index contributed by atoms with van der Waals surface area (Å²) in [6.45, 7) is 9.69. The minimum Gasteiger partial charge on any atom is -0.390 e. The minimum absolute atomic E-state index is 0.220. The number of likely N-dealkylation sites (tertiary alicyclic amines) is 1. The van der Waals surface area contributed by atoms with Crippen molar-refractivity contribution in [2.45, 2.75) is 146 Å². The molecule has 0 amide bonds. The van der Waals surface area contributed by atoms with Crippen LogP contribution in [0.3, 0.4) is 0 Å². The zero-order chi connectivity index (χ0) is 44.8. The molecule has 65 heavy (non-hydrogen) atoms. The maximum absolute atomic E-state index is 12.9. The normalized spacial score (nSPS) is 29.8. The van der Waals surface area contributed by atoms with E-state index in [0.29, 0.717) is 39.6 Å². The zero-order valence-electron chi connectivity index (χ0n) is 37.8. The van der Waals surface area contributed by atoms with Crippen molar-refractivity contribution in [2.24, 2.45) is 0 Å². The number of aliphatic hydroxyl groups excluding tert-OH is 1. The van der Waals surface area contributed by atoms with E-state index >= 15 is 0 Å². The van der Waals surface area contributed by atoms with Crippen LogP contribution in [0.15, 0.2) is 152 Å². The monoisotopic (exact) mass is 885 g/mol. The van der Waals surface area contributed by atoms with Gasteiger partial charge in [0.1, 0.15) is 42.7 Å². The second-order valence-electron chi connectivity index (χ2n) is 18.5. The van der Waals surface area contributed by atoms with E-state index in [1.807, 2.05) is 107 Å². The third-order valence-corrected chi connectivity index (χ3v) is 12.8. The lowest BCUT2D eigenvalue weighted by Gasteiger charge is -2.54. The number of aliphatic hydroxyl groups is 1. The molecule has 1 N–H and O–H groups in total. The Balaban J connectivity index is 1.13. The second kappa shape index (κ2) is 20.7. The molecule has 1 unspecified atom stereocenters. The van der Waals surface area contributed by atoms with Crippen LogP contribution in [0.4, 0.5) is 0 Å². The SMILES string of the molecule is CC1(C)O[C@H]2[C@@H](O1)[C@@H](C(O)C[C@@H]1[C@H](OCc3ccccc3)[C@@H](OCc3ccccc3)[C@H](OCc3ccccc3)[C@@H](COCc3ccccc3)N1Cc1ccccc1)O[C@@H]1OC(C)(C)O[C@@H]12. The molecule has 4 aliphatic heterocycles. The quantitative estimate of drug-likeness (QED) is 0.0918. The van der Waals surface area contributed by atoms with Crippen LogP contribution in [0, 0.1) is 0 Å². The van der Waals surface area contributed by atoms with Crippen LogP contribution < -0.4 is 0 Å². The largest absolute Gasteiger partial charge is 0.390 e. The van der Waals surface area contributed by atoms with E-state index in [1.54, 1.807) is 0 Å². The maximum Gasteiger partial charge on any atom is 0.190 e. The predicted octanol–water partition coefficient (Wildman–Crippen LogP) is 8.36. The summed E-state index contributed by atoms with van der Waals surface area (Å²) in [6.07, 6.45) is -5.90. The molecule has 11 heteroatoms. The first-order chi connectivity index (χ1) is 31.6. The van der Waals surface area contributed by atoms with E-state index in [9.17, 15) is 5.11 Å². The average molecular weight is 886 g/mol. The molecular weight excluding hydrogens is 823 g/mol. The highest BCUT2D eigenvalue weighted by Crippen LogP contribution is 2.46. The number of nitrogens with zero attached hydrogens (tertiary/aromatic N) is 1. The number of ether oxygens (including phenoxy) is 9. The van der Waals surface area contributed by atoms with Gasteiger partial charge >= 0.3 is 0 Å². The third-order valence-electron chi connectivity index (χ3n) is 12.8. The van der Waals surface area contributed by atoms with E-state index in [4.69, 9.17) is 42.6 Å². The smallest absolute Gasteiger partial charge is 0.190 e. The Labute approximate surface area is 383 Å². The molecule has 0 aliphatic carbocycles. The van der Waals surface area contributed by atoms with Gasteiger partial charge in [-0.25, -0.2) is 0 Å². The van der Waals surface area contributed by atoms with Crippen LogP contribution in [-0.4, -0.2) is 95.4 Å². The fourth-order valence-corrected chi connectivity index (χ4v) is 9.84. The summed E-state index contributed by atoms with van der Waals surface area (Å²) >= 11 is 0. The fraction of sp³-hybridized carbons (Fsp3) is 0.444. The molecule has 0 spiro atoms. The Morgan fingerprint density at radius 3 is 1.43 bits per heavy atom. The fourth-order valence-electron chi connectivity index (χ4n) is 9.84. The van der Waals surface area contributed by atoms with Gasteiger partial charge in [0.15, 0.2) is 17.9 Å². The summed E-state index contributed by atoms with van der Waals surface area (Å²) in [7, 11) is 0. The zero-order valence-corrected chi connectivity index (χ0v) is 37.8. The molecule has 4 heterocycles. The first kappa shape index (κ1) is 45.8. The van der Waals surface area contributed by atoms with E-state index in [1.165, 1.54) is 0 Å². The number of benzene rings is 5. The molecule has 344 valence electrons. The lowest BCUT2D eigenvalue weighted by molar-refractivity contribution is -0.262. The van der Waals surface area contributed by atoms with Crippen LogP contribution >= 0.6 is 0 Å². The molecule has 4 fully saturated rings. The summed E-state index contributed by atoms with van der Waals surface area (Å²) in [5.74, 6) is -1.85. The van der Waals surface area contributed by atoms with Crippen LogP contribution in [-0.2, 0) is 75.6 Å². The van der Waals surface area contributed by atoms with Crippen LogP contribution in [0.5, 0.6) is 0 Å². The Kier molecular flexibility index (Phi) is 14.6. The number of fused-ring (bicyclic) bond motifs is 3. The molecule has 0 saturated carbocycles. The van der Waals surface area contributed by atoms with Crippen molar-refractivity contribution in [3.63, 3.8) is 0 Å². The van der Waals surface area contributed by atoms with E-state index in [2.05, 4.69) is 77.7 Å². The molecule has 0 bridgehead atoms. The van der Waals surface area contributed by atoms with E-state index in [-0.39, 0.29) is 12.5 Å². The third kappa shape index (κ3) is 11.3. The molecule has 5 aromatic carbocycles. The number of piperidine rings is 1. The number of hydrogen-bond donors (Lipinski definition) is 1. The van der Waals surface area contributed by atoms with Gasteiger partial charge < -0.3 is 47.7 Å². The topological polar surface area (TPSA) is 107 Å². The van der Waals surface area contributed by atoms with Crippen LogP contribution in [0.2, 0.25) is 0 Å². The van der Waals surface area contributed by atoms with E-state index < -0.39 is 72.7 Å². The second-order valence-corrected chi connectivity index (χ2v) is 18.5. The first-order valence-corrected chi connectivity index (χ1v) is 23.0. The van der Waals surface area contributed by atoms with Gasteiger partial charge in [-0.3, -0.25) is 4.90 Å². The summed E-state index contributed by atoms with van der Waals surface area (Å²) in [5, 5.41) is 12.9. The first-order valence-electron chi connectivity index (χ1n) is 23.0. The standard InChI is InChI=1S/C54H63NO10/c1-53(2)62-49-47(61-52-51(50(49)63-53)64-54(3,4)65-52)44(56)30-42-45(58-33-39-24-14-7-15-25-39)48(60-35-41-28-18-9-19-29-41)46(59-34-40-26-16-8-17-27-40)43(36-57-32-38-22-12-6-13-23-38)55(42)31-37-20-10-5-11-21-37/h5-29,42-52,56H,30-36H2,1-4H3/t42-,43-,44?,45+,46-,47-,48-,49+,50+,51-,52-/m1/s1. The highest BCUT2D eigenvalue weighted by molar-refractivity contribution is 5.20. The van der Waals surface area contributed by atoms with Gasteiger partial charge in [0.05, 0.1) is 45.2 Å². The number of rotatable bonds is 18. The molecule has 5 aromatic rings. The van der Waals surface area contributed by atoms with Gasteiger partial charge in [-0.05, 0) is 61.9 Å². The average Bonchev–Trinajstić information content (AvgIpc) is 3.83. The molecule has 4 aliphatic rings. The highest BCUT2D eigenvalue weighted by Gasteiger charge is 2.62. The molecule has 4 saturated heterocycles. The van der Waals surface area contributed by atoms with Gasteiger partial charge in [0, 0.05) is 12.6 Å². The molecule has 9 rings (SSSR count). The predicted molar refractivity (Wildman–Crippen MR) is 244 cm³/mol. The Hall–Kier alpha value is -4.34.